The van der Waals surface area contributed by atoms with E-state index in [1.165, 1.54) is 33.9 Å². The van der Waals surface area contributed by atoms with Gasteiger partial charge in [0.25, 0.3) is 0 Å². The van der Waals surface area contributed by atoms with Crippen LogP contribution in [-0.4, -0.2) is 37.3 Å². The number of esters is 1. The number of hydrogen-bond donors (Lipinski definition) is 0. The molecule has 1 aromatic heterocycles. The van der Waals surface area contributed by atoms with Crippen molar-refractivity contribution in [2.75, 3.05) is 21.3 Å². The van der Waals surface area contributed by atoms with Crippen LogP contribution in [0, 0.1) is 6.92 Å². The summed E-state index contributed by atoms with van der Waals surface area (Å²) in [4.78, 5) is 20.2. The SMILES string of the molecule is CO/C=C(\C(=O)OC)c1c(OC)ncnc1Oc1cccc(C)c1. The lowest BCUT2D eigenvalue weighted by Crippen LogP contribution is -2.09. The average Bonchev–Trinajstić information content (AvgIpc) is 2.59. The highest BCUT2D eigenvalue weighted by atomic mass is 16.5. The number of aryl methyl sites for hydroxylation is 1. The summed E-state index contributed by atoms with van der Waals surface area (Å²) in [7, 11) is 4.12. The zero-order chi connectivity index (χ0) is 17.5. The first kappa shape index (κ1) is 17.3. The second-order valence-electron chi connectivity index (χ2n) is 4.74. The maximum atomic E-state index is 12.1. The number of carbonyl (C=O) groups is 1. The van der Waals surface area contributed by atoms with Crippen LogP contribution < -0.4 is 9.47 Å². The van der Waals surface area contributed by atoms with E-state index in [2.05, 4.69) is 9.97 Å². The van der Waals surface area contributed by atoms with Gasteiger partial charge in [0.1, 0.15) is 23.2 Å². The Labute approximate surface area is 139 Å². The van der Waals surface area contributed by atoms with E-state index in [9.17, 15) is 4.79 Å². The van der Waals surface area contributed by atoms with Crippen molar-refractivity contribution >= 4 is 11.5 Å². The van der Waals surface area contributed by atoms with Crippen molar-refractivity contribution in [2.24, 2.45) is 0 Å². The maximum Gasteiger partial charge on any atom is 0.342 e. The molecule has 0 spiro atoms. The van der Waals surface area contributed by atoms with Crippen molar-refractivity contribution in [2.45, 2.75) is 6.92 Å². The van der Waals surface area contributed by atoms with E-state index in [4.69, 9.17) is 18.9 Å². The van der Waals surface area contributed by atoms with E-state index in [1.807, 2.05) is 25.1 Å². The number of ether oxygens (including phenoxy) is 4. The molecule has 0 fully saturated rings. The number of hydrogen-bond acceptors (Lipinski definition) is 7. The second-order valence-corrected chi connectivity index (χ2v) is 4.74. The first-order valence-corrected chi connectivity index (χ1v) is 7.05. The van der Waals surface area contributed by atoms with Crippen molar-refractivity contribution in [3.05, 3.63) is 48.0 Å². The van der Waals surface area contributed by atoms with Crippen LogP contribution in [0.15, 0.2) is 36.9 Å². The standard InChI is InChI=1S/C17H18N2O5/c1-11-6-5-7-12(8-11)24-16-14(15(22-3)18-10-19-16)13(9-21-2)17(20)23-4/h5-10H,1-4H3/b13-9-. The molecule has 0 aliphatic carbocycles. The van der Waals surface area contributed by atoms with Crippen LogP contribution in [0.3, 0.4) is 0 Å². The first-order valence-electron chi connectivity index (χ1n) is 7.05. The molecular formula is C17H18N2O5. The number of carbonyl (C=O) groups excluding carboxylic acids is 1. The molecule has 0 aliphatic heterocycles. The van der Waals surface area contributed by atoms with Crippen molar-refractivity contribution < 1.29 is 23.7 Å². The molecule has 0 atom stereocenters. The smallest absolute Gasteiger partial charge is 0.342 e. The van der Waals surface area contributed by atoms with Gasteiger partial charge in [-0.15, -0.1) is 0 Å². The van der Waals surface area contributed by atoms with E-state index in [-0.39, 0.29) is 22.9 Å². The number of rotatable bonds is 6. The molecule has 2 aromatic rings. The summed E-state index contributed by atoms with van der Waals surface area (Å²) < 4.78 is 20.8. The van der Waals surface area contributed by atoms with Gasteiger partial charge < -0.3 is 18.9 Å². The number of nitrogens with zero attached hydrogens (tertiary/aromatic N) is 2. The fourth-order valence-electron chi connectivity index (χ4n) is 2.04. The van der Waals surface area contributed by atoms with Crippen LogP contribution >= 0.6 is 0 Å². The molecule has 24 heavy (non-hydrogen) atoms. The zero-order valence-corrected chi connectivity index (χ0v) is 13.9. The molecule has 0 aliphatic rings. The van der Waals surface area contributed by atoms with Gasteiger partial charge in [0.2, 0.25) is 11.8 Å². The Morgan fingerprint density at radius 1 is 1.12 bits per heavy atom. The Kier molecular flexibility index (Phi) is 5.73. The fourth-order valence-corrected chi connectivity index (χ4v) is 2.04. The van der Waals surface area contributed by atoms with Gasteiger partial charge in [0.05, 0.1) is 27.6 Å². The summed E-state index contributed by atoms with van der Waals surface area (Å²) >= 11 is 0. The van der Waals surface area contributed by atoms with Crippen molar-refractivity contribution in [1.82, 2.24) is 9.97 Å². The molecule has 0 amide bonds. The summed E-state index contributed by atoms with van der Waals surface area (Å²) in [6.45, 7) is 1.94. The molecule has 0 saturated carbocycles. The minimum Gasteiger partial charge on any atom is -0.503 e. The third kappa shape index (κ3) is 3.81. The number of methoxy groups -OCH3 is 3. The van der Waals surface area contributed by atoms with Crippen LogP contribution in [0.25, 0.3) is 5.57 Å². The van der Waals surface area contributed by atoms with Crippen molar-refractivity contribution in [1.29, 1.82) is 0 Å². The van der Waals surface area contributed by atoms with Gasteiger partial charge in [-0.05, 0) is 24.6 Å². The summed E-state index contributed by atoms with van der Waals surface area (Å²) in [6.07, 6.45) is 2.52. The van der Waals surface area contributed by atoms with E-state index in [0.29, 0.717) is 5.75 Å². The monoisotopic (exact) mass is 330 g/mol. The third-order valence-electron chi connectivity index (χ3n) is 3.09. The van der Waals surface area contributed by atoms with Crippen molar-refractivity contribution in [3.8, 4) is 17.5 Å². The summed E-state index contributed by atoms with van der Waals surface area (Å²) in [6, 6.07) is 7.42. The van der Waals surface area contributed by atoms with Crippen molar-refractivity contribution in [3.63, 3.8) is 0 Å². The van der Waals surface area contributed by atoms with E-state index < -0.39 is 5.97 Å². The number of aromatic nitrogens is 2. The Morgan fingerprint density at radius 3 is 2.50 bits per heavy atom. The Balaban J connectivity index is 2.56. The molecule has 126 valence electrons. The van der Waals surface area contributed by atoms with Gasteiger partial charge in [0, 0.05) is 0 Å². The molecule has 0 bridgehead atoms. The van der Waals surface area contributed by atoms with Gasteiger partial charge in [-0.25, -0.2) is 14.8 Å². The van der Waals surface area contributed by atoms with E-state index in [1.54, 1.807) is 6.07 Å². The highest BCUT2D eigenvalue weighted by Crippen LogP contribution is 2.34. The molecule has 0 radical (unpaired) electrons. The highest BCUT2D eigenvalue weighted by molar-refractivity contribution is 6.17. The van der Waals surface area contributed by atoms with Crippen LogP contribution in [0.4, 0.5) is 0 Å². The largest absolute Gasteiger partial charge is 0.503 e. The maximum absolute atomic E-state index is 12.1. The normalized spacial score (nSPS) is 10.9. The Morgan fingerprint density at radius 2 is 1.88 bits per heavy atom. The number of benzene rings is 1. The molecule has 1 aromatic carbocycles. The Bertz CT molecular complexity index is 758. The van der Waals surface area contributed by atoms with E-state index in [0.717, 1.165) is 5.56 Å². The van der Waals surface area contributed by atoms with Crippen LogP contribution in [-0.2, 0) is 14.3 Å². The molecule has 1 heterocycles. The minimum absolute atomic E-state index is 0.0834. The average molecular weight is 330 g/mol. The fraction of sp³-hybridized carbons (Fsp3) is 0.235. The second kappa shape index (κ2) is 7.96. The molecule has 0 unspecified atom stereocenters. The topological polar surface area (TPSA) is 79.8 Å². The highest BCUT2D eigenvalue weighted by Gasteiger charge is 2.25. The lowest BCUT2D eigenvalue weighted by Gasteiger charge is -2.14. The van der Waals surface area contributed by atoms with Crippen LogP contribution in [0.2, 0.25) is 0 Å². The Hall–Kier alpha value is -3.09. The van der Waals surface area contributed by atoms with Crippen LogP contribution in [0.1, 0.15) is 11.1 Å². The van der Waals surface area contributed by atoms with Gasteiger partial charge in [-0.2, -0.15) is 0 Å². The van der Waals surface area contributed by atoms with E-state index >= 15 is 0 Å². The third-order valence-corrected chi connectivity index (χ3v) is 3.09. The quantitative estimate of drug-likeness (QED) is 0.458. The predicted molar refractivity (Wildman–Crippen MR) is 86.8 cm³/mol. The van der Waals surface area contributed by atoms with Gasteiger partial charge in [-0.1, -0.05) is 12.1 Å². The lowest BCUT2D eigenvalue weighted by atomic mass is 10.1. The van der Waals surface area contributed by atoms with Gasteiger partial charge in [-0.3, -0.25) is 0 Å². The molecule has 0 N–H and O–H groups in total. The molecule has 2 rings (SSSR count). The molecule has 0 saturated heterocycles. The first-order chi connectivity index (χ1) is 11.6. The van der Waals surface area contributed by atoms with Gasteiger partial charge >= 0.3 is 5.97 Å². The zero-order valence-electron chi connectivity index (χ0n) is 13.9. The predicted octanol–water partition coefficient (Wildman–Crippen LogP) is 2.75. The summed E-state index contributed by atoms with van der Waals surface area (Å²) in [5.41, 5.74) is 1.35. The molecule has 7 nitrogen and oxygen atoms in total. The molecule has 7 heteroatoms. The summed E-state index contributed by atoms with van der Waals surface area (Å²) in [5.74, 6) is 0.264. The molecular weight excluding hydrogens is 312 g/mol. The lowest BCUT2D eigenvalue weighted by molar-refractivity contribution is -0.133. The summed E-state index contributed by atoms with van der Waals surface area (Å²) in [5, 5.41) is 0. The van der Waals surface area contributed by atoms with Gasteiger partial charge in [0.15, 0.2) is 0 Å². The van der Waals surface area contributed by atoms with Crippen LogP contribution in [0.5, 0.6) is 17.5 Å². The minimum atomic E-state index is -0.626.